The van der Waals surface area contributed by atoms with Gasteiger partial charge in [-0.3, -0.25) is 4.79 Å². The lowest BCUT2D eigenvalue weighted by Crippen LogP contribution is -2.14. The number of ketones is 1. The Bertz CT molecular complexity index is 390. The predicted octanol–water partition coefficient (Wildman–Crippen LogP) is 4.43. The van der Waals surface area contributed by atoms with E-state index in [1.165, 1.54) is 0 Å². The molecule has 2 nitrogen and oxygen atoms in total. The van der Waals surface area contributed by atoms with Gasteiger partial charge in [-0.25, -0.2) is 0 Å². The lowest BCUT2D eigenvalue weighted by atomic mass is 9.90. The number of halogens is 1. The normalized spacial score (nSPS) is 12.4. The molecule has 17 heavy (non-hydrogen) atoms. The minimum absolute atomic E-state index is 0.134. The Hall–Kier alpha value is -0.830. The highest BCUT2D eigenvalue weighted by Gasteiger charge is 2.19. The van der Waals surface area contributed by atoms with E-state index in [4.69, 9.17) is 5.73 Å². The summed E-state index contributed by atoms with van der Waals surface area (Å²) < 4.78 is 0.803. The number of hydrogen-bond acceptors (Lipinski definition) is 2. The second-order valence-corrected chi connectivity index (χ2v) is 5.21. The molecule has 0 saturated carbocycles. The SMILES string of the molecule is CCCCC(CC)C(=O)c1ccc(N)cc1Br. The molecule has 1 unspecified atom stereocenters. The number of carbonyl (C=O) groups is 1. The fourth-order valence-corrected chi connectivity index (χ4v) is 2.51. The molecule has 0 heterocycles. The molecule has 1 atom stereocenters. The number of anilines is 1. The number of nitrogen functional groups attached to an aromatic ring is 1. The summed E-state index contributed by atoms with van der Waals surface area (Å²) in [6, 6.07) is 5.39. The lowest BCUT2D eigenvalue weighted by molar-refractivity contribution is 0.0907. The number of rotatable bonds is 6. The summed E-state index contributed by atoms with van der Waals surface area (Å²) in [6.07, 6.45) is 4.11. The van der Waals surface area contributed by atoms with E-state index in [2.05, 4.69) is 29.8 Å². The molecule has 2 N–H and O–H groups in total. The van der Waals surface area contributed by atoms with Gasteiger partial charge >= 0.3 is 0 Å². The molecule has 0 bridgehead atoms. The van der Waals surface area contributed by atoms with Crippen LogP contribution < -0.4 is 5.73 Å². The zero-order chi connectivity index (χ0) is 12.8. The molecule has 0 aromatic heterocycles. The van der Waals surface area contributed by atoms with Crippen LogP contribution in [-0.4, -0.2) is 5.78 Å². The van der Waals surface area contributed by atoms with Crippen molar-refractivity contribution < 1.29 is 4.79 Å². The monoisotopic (exact) mass is 297 g/mol. The van der Waals surface area contributed by atoms with Crippen LogP contribution in [0.1, 0.15) is 49.9 Å². The average molecular weight is 298 g/mol. The Labute approximate surface area is 112 Å². The third kappa shape index (κ3) is 3.84. The fourth-order valence-electron chi connectivity index (χ4n) is 1.92. The molecule has 0 radical (unpaired) electrons. The predicted molar refractivity (Wildman–Crippen MR) is 76.2 cm³/mol. The standard InChI is InChI=1S/C14H20BrNO/c1-3-5-6-10(4-2)14(17)12-8-7-11(16)9-13(12)15/h7-10H,3-6,16H2,1-2H3. The van der Waals surface area contributed by atoms with Gasteiger partial charge in [0.15, 0.2) is 5.78 Å². The van der Waals surface area contributed by atoms with Crippen LogP contribution in [-0.2, 0) is 0 Å². The molecule has 3 heteroatoms. The Kier molecular flexibility index (Phi) is 5.69. The van der Waals surface area contributed by atoms with Crippen LogP contribution in [0.5, 0.6) is 0 Å². The summed E-state index contributed by atoms with van der Waals surface area (Å²) in [7, 11) is 0. The Morgan fingerprint density at radius 3 is 2.65 bits per heavy atom. The van der Waals surface area contributed by atoms with Gasteiger partial charge in [-0.1, -0.05) is 26.7 Å². The first-order chi connectivity index (χ1) is 8.10. The molecule has 94 valence electrons. The van der Waals surface area contributed by atoms with Crippen molar-refractivity contribution in [3.05, 3.63) is 28.2 Å². The van der Waals surface area contributed by atoms with E-state index in [1.54, 1.807) is 12.1 Å². The number of hydrogen-bond donors (Lipinski definition) is 1. The minimum atomic E-state index is 0.134. The molecule has 0 saturated heterocycles. The van der Waals surface area contributed by atoms with Gasteiger partial charge in [0, 0.05) is 21.6 Å². The van der Waals surface area contributed by atoms with Gasteiger partial charge in [0.25, 0.3) is 0 Å². The van der Waals surface area contributed by atoms with Crippen molar-refractivity contribution in [1.29, 1.82) is 0 Å². The summed E-state index contributed by atoms with van der Waals surface area (Å²) in [4.78, 5) is 12.3. The molecule has 0 aliphatic carbocycles. The average Bonchev–Trinajstić information content (AvgIpc) is 2.29. The van der Waals surface area contributed by atoms with E-state index < -0.39 is 0 Å². The zero-order valence-electron chi connectivity index (χ0n) is 10.5. The van der Waals surface area contributed by atoms with Crippen LogP contribution in [0.25, 0.3) is 0 Å². The minimum Gasteiger partial charge on any atom is -0.399 e. The number of unbranched alkanes of at least 4 members (excludes halogenated alkanes) is 1. The Morgan fingerprint density at radius 2 is 2.12 bits per heavy atom. The molecule has 1 rings (SSSR count). The van der Waals surface area contributed by atoms with Gasteiger partial charge in [0.2, 0.25) is 0 Å². The van der Waals surface area contributed by atoms with Crippen molar-refractivity contribution in [1.82, 2.24) is 0 Å². The fraction of sp³-hybridized carbons (Fsp3) is 0.500. The summed E-state index contributed by atoms with van der Waals surface area (Å²) in [6.45, 7) is 4.22. The highest BCUT2D eigenvalue weighted by atomic mass is 79.9. The molecular weight excluding hydrogens is 278 g/mol. The third-order valence-corrected chi connectivity index (χ3v) is 3.68. The topological polar surface area (TPSA) is 43.1 Å². The number of benzene rings is 1. The number of carbonyl (C=O) groups excluding carboxylic acids is 1. The van der Waals surface area contributed by atoms with Crippen molar-refractivity contribution in [2.24, 2.45) is 5.92 Å². The summed E-state index contributed by atoms with van der Waals surface area (Å²) in [5.74, 6) is 0.364. The smallest absolute Gasteiger partial charge is 0.167 e. The van der Waals surface area contributed by atoms with E-state index >= 15 is 0 Å². The maximum atomic E-state index is 12.3. The van der Waals surface area contributed by atoms with Crippen molar-refractivity contribution in [2.75, 3.05) is 5.73 Å². The van der Waals surface area contributed by atoms with E-state index in [0.717, 1.165) is 35.7 Å². The molecule has 0 amide bonds. The summed E-state index contributed by atoms with van der Waals surface area (Å²) in [5, 5.41) is 0. The van der Waals surface area contributed by atoms with Crippen LogP contribution in [0, 0.1) is 5.92 Å². The molecule has 0 aliphatic rings. The van der Waals surface area contributed by atoms with Crippen LogP contribution in [0.4, 0.5) is 5.69 Å². The van der Waals surface area contributed by atoms with Gasteiger partial charge in [-0.15, -0.1) is 0 Å². The Morgan fingerprint density at radius 1 is 1.41 bits per heavy atom. The zero-order valence-corrected chi connectivity index (χ0v) is 12.1. The lowest BCUT2D eigenvalue weighted by Gasteiger charge is -2.14. The largest absolute Gasteiger partial charge is 0.399 e. The second-order valence-electron chi connectivity index (χ2n) is 4.35. The summed E-state index contributed by atoms with van der Waals surface area (Å²) >= 11 is 3.41. The quantitative estimate of drug-likeness (QED) is 0.623. The third-order valence-electron chi connectivity index (χ3n) is 3.03. The van der Waals surface area contributed by atoms with Crippen LogP contribution in [0.15, 0.2) is 22.7 Å². The summed E-state index contributed by atoms with van der Waals surface area (Å²) in [5.41, 5.74) is 7.10. The Balaban J connectivity index is 2.86. The van der Waals surface area contributed by atoms with Crippen molar-refractivity contribution in [2.45, 2.75) is 39.5 Å². The van der Waals surface area contributed by atoms with Crippen LogP contribution >= 0.6 is 15.9 Å². The van der Waals surface area contributed by atoms with Crippen LogP contribution in [0.2, 0.25) is 0 Å². The van der Waals surface area contributed by atoms with Crippen molar-refractivity contribution >= 4 is 27.4 Å². The first-order valence-corrected chi connectivity index (χ1v) is 6.98. The van der Waals surface area contributed by atoms with Gasteiger partial charge in [-0.05, 0) is 47.0 Å². The first kappa shape index (κ1) is 14.2. The highest BCUT2D eigenvalue weighted by molar-refractivity contribution is 9.10. The second kappa shape index (κ2) is 6.80. The maximum absolute atomic E-state index is 12.3. The first-order valence-electron chi connectivity index (χ1n) is 6.19. The molecule has 0 spiro atoms. The molecule has 1 aromatic carbocycles. The number of Topliss-reactive ketones (excluding diaryl/α,β-unsaturated/α-hetero) is 1. The van der Waals surface area contributed by atoms with E-state index in [1.807, 2.05) is 6.07 Å². The number of nitrogens with two attached hydrogens (primary N) is 1. The van der Waals surface area contributed by atoms with Gasteiger partial charge in [0.1, 0.15) is 0 Å². The van der Waals surface area contributed by atoms with Gasteiger partial charge in [0.05, 0.1) is 0 Å². The van der Waals surface area contributed by atoms with E-state index in [-0.39, 0.29) is 11.7 Å². The maximum Gasteiger partial charge on any atom is 0.167 e. The van der Waals surface area contributed by atoms with Gasteiger partial charge in [-0.2, -0.15) is 0 Å². The molecule has 0 fully saturated rings. The van der Waals surface area contributed by atoms with Gasteiger partial charge < -0.3 is 5.73 Å². The highest BCUT2D eigenvalue weighted by Crippen LogP contribution is 2.25. The van der Waals surface area contributed by atoms with Crippen LogP contribution in [0.3, 0.4) is 0 Å². The molecule has 0 aliphatic heterocycles. The van der Waals surface area contributed by atoms with E-state index in [9.17, 15) is 4.79 Å². The molecular formula is C14H20BrNO. The van der Waals surface area contributed by atoms with Crippen molar-refractivity contribution in [3.8, 4) is 0 Å². The molecule has 1 aromatic rings. The van der Waals surface area contributed by atoms with E-state index in [0.29, 0.717) is 5.69 Å². The van der Waals surface area contributed by atoms with Crippen molar-refractivity contribution in [3.63, 3.8) is 0 Å².